The Morgan fingerprint density at radius 3 is 2.38 bits per heavy atom. The smallest absolute Gasteiger partial charge is 0.256 e. The van der Waals surface area contributed by atoms with E-state index in [1.54, 1.807) is 0 Å². The lowest BCUT2D eigenvalue weighted by atomic mass is 10.1. The number of hydrogen-bond acceptors (Lipinski definition) is 4. The van der Waals surface area contributed by atoms with Crippen LogP contribution in [0.1, 0.15) is 41.6 Å². The van der Waals surface area contributed by atoms with E-state index in [1.165, 1.54) is 37.9 Å². The summed E-state index contributed by atoms with van der Waals surface area (Å²) < 4.78 is 0. The highest BCUT2D eigenvalue weighted by atomic mass is 16.1. The van der Waals surface area contributed by atoms with E-state index in [1.807, 2.05) is 49.4 Å². The Bertz CT molecular complexity index is 990. The number of aryl methyl sites for hydroxylation is 1. The monoisotopic (exact) mass is 388 g/mol. The van der Waals surface area contributed by atoms with E-state index in [0.29, 0.717) is 17.9 Å². The van der Waals surface area contributed by atoms with E-state index in [4.69, 9.17) is 0 Å². The van der Waals surface area contributed by atoms with Gasteiger partial charge in [-0.15, -0.1) is 0 Å². The van der Waals surface area contributed by atoms with Crippen LogP contribution in [0.15, 0.2) is 59.4 Å². The number of nitrogens with zero attached hydrogens (tertiary/aromatic N) is 2. The van der Waals surface area contributed by atoms with Gasteiger partial charge in [-0.3, -0.25) is 14.7 Å². The quantitative estimate of drug-likeness (QED) is 0.657. The maximum absolute atomic E-state index is 12.6. The average molecular weight is 389 g/mol. The zero-order valence-corrected chi connectivity index (χ0v) is 16.9. The van der Waals surface area contributed by atoms with Crippen molar-refractivity contribution in [2.24, 2.45) is 0 Å². The molecule has 29 heavy (non-hydrogen) atoms. The van der Waals surface area contributed by atoms with Gasteiger partial charge in [0.2, 0.25) is 5.95 Å². The molecule has 2 aromatic carbocycles. The zero-order chi connectivity index (χ0) is 20.1. The highest BCUT2D eigenvalue weighted by molar-refractivity contribution is 5.54. The van der Waals surface area contributed by atoms with Crippen molar-refractivity contribution in [3.63, 3.8) is 0 Å². The van der Waals surface area contributed by atoms with Crippen molar-refractivity contribution in [2.75, 3.05) is 18.4 Å². The normalized spacial score (nSPS) is 14.7. The fourth-order valence-corrected chi connectivity index (χ4v) is 3.88. The summed E-state index contributed by atoms with van der Waals surface area (Å²) in [6, 6.07) is 18.4. The Kier molecular flexibility index (Phi) is 6.06. The molecule has 0 saturated carbocycles. The minimum atomic E-state index is -0.0921. The molecule has 0 unspecified atom stereocenters. The van der Waals surface area contributed by atoms with Crippen LogP contribution in [-0.4, -0.2) is 28.0 Å². The Hall–Kier alpha value is -2.92. The molecule has 0 bridgehead atoms. The SMILES string of the molecule is Cc1nc(Nc2ccc(CN3CCCCC3)cc2)[nH]c(=O)c1Cc1ccccc1. The molecular formula is C24H28N4O. The summed E-state index contributed by atoms with van der Waals surface area (Å²) in [5.41, 5.74) is 4.71. The first kappa shape index (κ1) is 19.4. The summed E-state index contributed by atoms with van der Waals surface area (Å²) in [5.74, 6) is 0.480. The van der Waals surface area contributed by atoms with Crippen molar-refractivity contribution >= 4 is 11.6 Å². The zero-order valence-electron chi connectivity index (χ0n) is 16.9. The third kappa shape index (κ3) is 5.12. The second-order valence-corrected chi connectivity index (χ2v) is 7.80. The molecule has 1 aromatic heterocycles. The lowest BCUT2D eigenvalue weighted by Crippen LogP contribution is -2.29. The van der Waals surface area contributed by atoms with E-state index in [2.05, 4.69) is 32.3 Å². The van der Waals surface area contributed by atoms with Crippen LogP contribution in [0.4, 0.5) is 11.6 Å². The fraction of sp³-hybridized carbons (Fsp3) is 0.333. The summed E-state index contributed by atoms with van der Waals surface area (Å²) >= 11 is 0. The first-order chi connectivity index (χ1) is 14.2. The highest BCUT2D eigenvalue weighted by Crippen LogP contribution is 2.18. The number of rotatable bonds is 6. The van der Waals surface area contributed by atoms with E-state index in [9.17, 15) is 4.79 Å². The van der Waals surface area contributed by atoms with Crippen LogP contribution in [0.2, 0.25) is 0 Å². The lowest BCUT2D eigenvalue weighted by Gasteiger charge is -2.26. The molecular weight excluding hydrogens is 360 g/mol. The van der Waals surface area contributed by atoms with Crippen LogP contribution in [0.3, 0.4) is 0 Å². The van der Waals surface area contributed by atoms with Gasteiger partial charge in [-0.1, -0.05) is 48.9 Å². The first-order valence-corrected chi connectivity index (χ1v) is 10.4. The Labute approximate surface area is 171 Å². The second kappa shape index (κ2) is 9.05. The van der Waals surface area contributed by atoms with Crippen LogP contribution in [0.25, 0.3) is 0 Å². The topological polar surface area (TPSA) is 61.0 Å². The van der Waals surface area contributed by atoms with Crippen molar-refractivity contribution in [3.05, 3.63) is 87.3 Å². The van der Waals surface area contributed by atoms with Crippen molar-refractivity contribution in [1.29, 1.82) is 0 Å². The Morgan fingerprint density at radius 2 is 1.69 bits per heavy atom. The van der Waals surface area contributed by atoms with Gasteiger partial charge in [-0.2, -0.15) is 0 Å². The van der Waals surface area contributed by atoms with E-state index in [0.717, 1.165) is 23.5 Å². The van der Waals surface area contributed by atoms with Gasteiger partial charge in [0.15, 0.2) is 0 Å². The third-order valence-corrected chi connectivity index (χ3v) is 5.52. The number of nitrogens with one attached hydrogen (secondary N) is 2. The molecule has 1 saturated heterocycles. The summed E-state index contributed by atoms with van der Waals surface area (Å²) in [5, 5.41) is 3.23. The highest BCUT2D eigenvalue weighted by Gasteiger charge is 2.11. The second-order valence-electron chi connectivity index (χ2n) is 7.80. The molecule has 0 spiro atoms. The Morgan fingerprint density at radius 1 is 0.966 bits per heavy atom. The van der Waals surface area contributed by atoms with Crippen LogP contribution in [0, 0.1) is 6.92 Å². The number of piperidine rings is 1. The summed E-state index contributed by atoms with van der Waals surface area (Å²) in [6.45, 7) is 5.28. The molecule has 2 N–H and O–H groups in total. The first-order valence-electron chi connectivity index (χ1n) is 10.4. The number of benzene rings is 2. The van der Waals surface area contributed by atoms with Gasteiger partial charge in [0.05, 0.1) is 5.69 Å². The number of aromatic amines is 1. The van der Waals surface area contributed by atoms with E-state index >= 15 is 0 Å². The summed E-state index contributed by atoms with van der Waals surface area (Å²) in [4.78, 5) is 22.5. The summed E-state index contributed by atoms with van der Waals surface area (Å²) in [7, 11) is 0. The molecule has 1 aliphatic heterocycles. The average Bonchev–Trinajstić information content (AvgIpc) is 2.74. The predicted octanol–water partition coefficient (Wildman–Crippen LogP) is 4.40. The molecule has 0 radical (unpaired) electrons. The van der Waals surface area contributed by atoms with E-state index in [-0.39, 0.29) is 5.56 Å². The van der Waals surface area contributed by atoms with Crippen LogP contribution in [0.5, 0.6) is 0 Å². The molecule has 1 aliphatic rings. The van der Waals surface area contributed by atoms with E-state index < -0.39 is 0 Å². The maximum Gasteiger partial charge on any atom is 0.256 e. The number of hydrogen-bond donors (Lipinski definition) is 2. The maximum atomic E-state index is 12.6. The standard InChI is InChI=1S/C24H28N4O/c1-18-22(16-19-8-4-2-5-9-19)23(29)27-24(25-18)26-21-12-10-20(11-13-21)17-28-14-6-3-7-15-28/h2,4-5,8-13H,3,6-7,14-17H2,1H3,(H2,25,26,27,29). The lowest BCUT2D eigenvalue weighted by molar-refractivity contribution is 0.221. The molecule has 4 rings (SSSR count). The molecule has 0 amide bonds. The summed E-state index contributed by atoms with van der Waals surface area (Å²) in [6.07, 6.45) is 4.55. The number of anilines is 2. The van der Waals surface area contributed by atoms with Crippen molar-refractivity contribution in [1.82, 2.24) is 14.9 Å². The molecule has 0 atom stereocenters. The van der Waals surface area contributed by atoms with Crippen LogP contribution in [-0.2, 0) is 13.0 Å². The minimum Gasteiger partial charge on any atom is -0.326 e. The molecule has 150 valence electrons. The molecule has 3 aromatic rings. The van der Waals surface area contributed by atoms with Crippen LogP contribution < -0.4 is 10.9 Å². The molecule has 5 heteroatoms. The fourth-order valence-electron chi connectivity index (χ4n) is 3.88. The van der Waals surface area contributed by atoms with Gasteiger partial charge >= 0.3 is 0 Å². The van der Waals surface area contributed by atoms with Gasteiger partial charge in [0, 0.05) is 24.2 Å². The third-order valence-electron chi connectivity index (χ3n) is 5.52. The van der Waals surface area contributed by atoms with Crippen molar-refractivity contribution in [2.45, 2.75) is 39.2 Å². The number of aromatic nitrogens is 2. The molecule has 1 fully saturated rings. The minimum absolute atomic E-state index is 0.0921. The van der Waals surface area contributed by atoms with Crippen molar-refractivity contribution < 1.29 is 0 Å². The molecule has 0 aliphatic carbocycles. The van der Waals surface area contributed by atoms with Crippen molar-refractivity contribution in [3.8, 4) is 0 Å². The largest absolute Gasteiger partial charge is 0.326 e. The van der Waals surface area contributed by atoms with Gasteiger partial charge < -0.3 is 5.32 Å². The van der Waals surface area contributed by atoms with Gasteiger partial charge in [0.25, 0.3) is 5.56 Å². The molecule has 5 nitrogen and oxygen atoms in total. The Balaban J connectivity index is 1.43. The van der Waals surface area contributed by atoms with Gasteiger partial charge in [0.1, 0.15) is 0 Å². The van der Waals surface area contributed by atoms with Gasteiger partial charge in [-0.05, 0) is 56.1 Å². The number of H-pyrrole nitrogens is 1. The number of likely N-dealkylation sites (tertiary alicyclic amines) is 1. The van der Waals surface area contributed by atoms with Crippen LogP contribution >= 0.6 is 0 Å². The van der Waals surface area contributed by atoms with Gasteiger partial charge in [-0.25, -0.2) is 4.98 Å². The predicted molar refractivity (Wildman–Crippen MR) is 118 cm³/mol. The molecule has 2 heterocycles.